The zero-order valence-electron chi connectivity index (χ0n) is 10.0. The van der Waals surface area contributed by atoms with Gasteiger partial charge in [-0.2, -0.15) is 5.26 Å². The van der Waals surface area contributed by atoms with Crippen LogP contribution in [0, 0.1) is 11.3 Å². The molecule has 1 saturated heterocycles. The van der Waals surface area contributed by atoms with E-state index in [9.17, 15) is 0 Å². The van der Waals surface area contributed by atoms with Gasteiger partial charge < -0.3 is 9.64 Å². The van der Waals surface area contributed by atoms with Crippen LogP contribution in [0.4, 0.5) is 5.69 Å². The second-order valence-electron chi connectivity index (χ2n) is 4.80. The van der Waals surface area contributed by atoms with Crippen molar-refractivity contribution in [1.82, 2.24) is 0 Å². The van der Waals surface area contributed by atoms with E-state index in [0.717, 1.165) is 18.8 Å². The van der Waals surface area contributed by atoms with E-state index < -0.39 is 0 Å². The van der Waals surface area contributed by atoms with Crippen molar-refractivity contribution in [1.29, 1.82) is 5.26 Å². The van der Waals surface area contributed by atoms with Gasteiger partial charge in [0.15, 0.2) is 0 Å². The molecule has 0 spiro atoms. The fraction of sp³-hybridized carbons (Fsp3) is 0.462. The first kappa shape index (κ1) is 12.2. The van der Waals surface area contributed by atoms with E-state index in [4.69, 9.17) is 21.6 Å². The molecule has 4 heteroatoms. The van der Waals surface area contributed by atoms with Crippen LogP contribution in [0.1, 0.15) is 19.4 Å². The average molecular weight is 251 g/mol. The maximum atomic E-state index is 9.14. The molecule has 0 atom stereocenters. The summed E-state index contributed by atoms with van der Waals surface area (Å²) in [6.07, 6.45) is 0. The lowest BCUT2D eigenvalue weighted by Gasteiger charge is -2.39. The summed E-state index contributed by atoms with van der Waals surface area (Å²) < 4.78 is 5.66. The lowest BCUT2D eigenvalue weighted by Crippen LogP contribution is -2.48. The monoisotopic (exact) mass is 250 g/mol. The largest absolute Gasteiger partial charge is 0.372 e. The summed E-state index contributed by atoms with van der Waals surface area (Å²) in [6.45, 7) is 6.38. The lowest BCUT2D eigenvalue weighted by molar-refractivity contribution is -0.0277. The third kappa shape index (κ3) is 2.71. The van der Waals surface area contributed by atoms with Crippen LogP contribution in [0.2, 0.25) is 5.02 Å². The second kappa shape index (κ2) is 4.56. The average Bonchev–Trinajstić information content (AvgIpc) is 2.27. The summed E-state index contributed by atoms with van der Waals surface area (Å²) in [7, 11) is 0. The van der Waals surface area contributed by atoms with Crippen molar-refractivity contribution in [2.75, 3.05) is 24.6 Å². The summed E-state index contributed by atoms with van der Waals surface area (Å²) in [5.41, 5.74) is 1.38. The molecule has 1 fully saturated rings. The summed E-state index contributed by atoms with van der Waals surface area (Å²) in [4.78, 5) is 2.18. The van der Waals surface area contributed by atoms with Gasteiger partial charge in [0, 0.05) is 18.1 Å². The molecule has 17 heavy (non-hydrogen) atoms. The first-order valence-electron chi connectivity index (χ1n) is 5.60. The molecule has 1 aromatic rings. The highest BCUT2D eigenvalue weighted by Crippen LogP contribution is 2.27. The zero-order chi connectivity index (χ0) is 12.5. The number of ether oxygens (including phenoxy) is 1. The highest BCUT2D eigenvalue weighted by molar-refractivity contribution is 6.30. The van der Waals surface area contributed by atoms with Crippen LogP contribution in [-0.4, -0.2) is 25.3 Å². The van der Waals surface area contributed by atoms with E-state index in [0.29, 0.717) is 17.2 Å². The van der Waals surface area contributed by atoms with Crippen molar-refractivity contribution in [3.63, 3.8) is 0 Å². The number of rotatable bonds is 1. The minimum Gasteiger partial charge on any atom is -0.372 e. The van der Waals surface area contributed by atoms with Crippen LogP contribution in [0.5, 0.6) is 0 Å². The molecule has 2 rings (SSSR count). The van der Waals surface area contributed by atoms with Crippen molar-refractivity contribution in [3.8, 4) is 6.07 Å². The fourth-order valence-corrected chi connectivity index (χ4v) is 2.27. The van der Waals surface area contributed by atoms with Gasteiger partial charge in [0.1, 0.15) is 6.07 Å². The third-order valence-electron chi connectivity index (χ3n) is 2.85. The topological polar surface area (TPSA) is 36.3 Å². The summed E-state index contributed by atoms with van der Waals surface area (Å²) >= 11 is 5.90. The van der Waals surface area contributed by atoms with Crippen molar-refractivity contribution in [3.05, 3.63) is 28.8 Å². The first-order valence-corrected chi connectivity index (χ1v) is 5.98. The minimum absolute atomic E-state index is 0.176. The molecular weight excluding hydrogens is 236 g/mol. The Kier molecular flexibility index (Phi) is 3.28. The van der Waals surface area contributed by atoms with Crippen LogP contribution < -0.4 is 4.90 Å². The predicted molar refractivity (Wildman–Crippen MR) is 68.4 cm³/mol. The molecule has 0 unspecified atom stereocenters. The molecule has 90 valence electrons. The van der Waals surface area contributed by atoms with E-state index in [1.807, 2.05) is 12.1 Å². The SMILES string of the molecule is CC1(C)CN(c2ccc(Cl)cc2C#N)CCO1. The number of halogens is 1. The first-order chi connectivity index (χ1) is 8.02. The van der Waals surface area contributed by atoms with Crippen LogP contribution >= 0.6 is 11.6 Å². The normalized spacial score (nSPS) is 18.8. The molecule has 0 N–H and O–H groups in total. The number of hydrogen-bond acceptors (Lipinski definition) is 3. The van der Waals surface area contributed by atoms with Gasteiger partial charge >= 0.3 is 0 Å². The predicted octanol–water partition coefficient (Wildman–Crippen LogP) is 2.83. The zero-order valence-corrected chi connectivity index (χ0v) is 10.8. The van der Waals surface area contributed by atoms with E-state index in [1.165, 1.54) is 0 Å². The summed E-state index contributed by atoms with van der Waals surface area (Å²) in [6, 6.07) is 7.63. The Morgan fingerprint density at radius 3 is 2.88 bits per heavy atom. The molecule has 1 aliphatic rings. The lowest BCUT2D eigenvalue weighted by atomic mass is 10.1. The Labute approximate surface area is 107 Å². The Balaban J connectivity index is 2.31. The van der Waals surface area contributed by atoms with Gasteiger partial charge in [-0.15, -0.1) is 0 Å². The van der Waals surface area contributed by atoms with Gasteiger partial charge in [-0.25, -0.2) is 0 Å². The van der Waals surface area contributed by atoms with E-state index in [2.05, 4.69) is 24.8 Å². The molecule has 0 aromatic heterocycles. The van der Waals surface area contributed by atoms with Crippen LogP contribution in [0.25, 0.3) is 0 Å². The molecule has 3 nitrogen and oxygen atoms in total. The highest BCUT2D eigenvalue weighted by Gasteiger charge is 2.28. The Morgan fingerprint density at radius 2 is 2.24 bits per heavy atom. The fourth-order valence-electron chi connectivity index (χ4n) is 2.10. The molecule has 1 heterocycles. The van der Waals surface area contributed by atoms with E-state index >= 15 is 0 Å². The third-order valence-corrected chi connectivity index (χ3v) is 3.08. The molecule has 1 aromatic carbocycles. The Hall–Kier alpha value is -1.24. The molecule has 0 bridgehead atoms. The second-order valence-corrected chi connectivity index (χ2v) is 5.24. The number of nitrogens with zero attached hydrogens (tertiary/aromatic N) is 2. The maximum Gasteiger partial charge on any atom is 0.101 e. The summed E-state index contributed by atoms with van der Waals surface area (Å²) in [5.74, 6) is 0. The Morgan fingerprint density at radius 1 is 1.47 bits per heavy atom. The van der Waals surface area contributed by atoms with Crippen molar-refractivity contribution in [2.24, 2.45) is 0 Å². The van der Waals surface area contributed by atoms with Crippen LogP contribution in [0.15, 0.2) is 18.2 Å². The van der Waals surface area contributed by atoms with Crippen molar-refractivity contribution < 1.29 is 4.74 Å². The Bertz CT molecular complexity index is 465. The van der Waals surface area contributed by atoms with Gasteiger partial charge in [-0.3, -0.25) is 0 Å². The number of hydrogen-bond donors (Lipinski definition) is 0. The van der Waals surface area contributed by atoms with Gasteiger partial charge in [0.25, 0.3) is 0 Å². The minimum atomic E-state index is -0.176. The smallest absolute Gasteiger partial charge is 0.101 e. The standard InChI is InChI=1S/C13H15ClN2O/c1-13(2)9-16(5-6-17-13)12-4-3-11(14)7-10(12)8-15/h3-4,7H,5-6,9H2,1-2H3. The number of anilines is 1. The van der Waals surface area contributed by atoms with Gasteiger partial charge in [0.2, 0.25) is 0 Å². The molecular formula is C13H15ClN2O. The van der Waals surface area contributed by atoms with Gasteiger partial charge in [-0.1, -0.05) is 11.6 Å². The number of nitriles is 1. The van der Waals surface area contributed by atoms with Crippen molar-refractivity contribution in [2.45, 2.75) is 19.4 Å². The quantitative estimate of drug-likeness (QED) is 0.769. The summed E-state index contributed by atoms with van der Waals surface area (Å²) in [5, 5.41) is 9.73. The highest BCUT2D eigenvalue weighted by atomic mass is 35.5. The molecule has 0 aliphatic carbocycles. The van der Waals surface area contributed by atoms with Crippen LogP contribution in [0.3, 0.4) is 0 Å². The van der Waals surface area contributed by atoms with Crippen molar-refractivity contribution >= 4 is 17.3 Å². The van der Waals surface area contributed by atoms with E-state index in [1.54, 1.807) is 6.07 Å². The van der Waals surface area contributed by atoms with Gasteiger partial charge in [0.05, 0.1) is 23.5 Å². The number of benzene rings is 1. The molecule has 1 aliphatic heterocycles. The number of morpholine rings is 1. The molecule has 0 amide bonds. The van der Waals surface area contributed by atoms with E-state index in [-0.39, 0.29) is 5.60 Å². The van der Waals surface area contributed by atoms with Gasteiger partial charge in [-0.05, 0) is 32.0 Å². The molecule has 0 radical (unpaired) electrons. The van der Waals surface area contributed by atoms with Crippen LogP contribution in [-0.2, 0) is 4.74 Å². The molecule has 0 saturated carbocycles. The maximum absolute atomic E-state index is 9.14.